The van der Waals surface area contributed by atoms with Crippen molar-refractivity contribution in [3.8, 4) is 0 Å². The molecule has 1 N–H and O–H groups in total. The molecule has 0 bridgehead atoms. The summed E-state index contributed by atoms with van der Waals surface area (Å²) in [5.74, 6) is 0. The van der Waals surface area contributed by atoms with E-state index < -0.39 is 0 Å². The summed E-state index contributed by atoms with van der Waals surface area (Å²) in [5.41, 5.74) is 7.92. The number of benzene rings is 2. The van der Waals surface area contributed by atoms with Crippen LogP contribution in [0.25, 0.3) is 10.9 Å². The molecular formula is C24H27N3O2. The van der Waals surface area contributed by atoms with Crippen molar-refractivity contribution in [2.24, 2.45) is 7.05 Å². The highest BCUT2D eigenvalue weighted by Crippen LogP contribution is 2.25. The zero-order chi connectivity index (χ0) is 20.9. The van der Waals surface area contributed by atoms with Crippen LogP contribution in [0.2, 0.25) is 0 Å². The first-order chi connectivity index (χ1) is 13.8. The number of hydrogen-bond acceptors (Lipinski definition) is 2. The van der Waals surface area contributed by atoms with Gasteiger partial charge >= 0.3 is 6.03 Å². The summed E-state index contributed by atoms with van der Waals surface area (Å²) in [6.07, 6.45) is 0.671. The first kappa shape index (κ1) is 19.2. The van der Waals surface area contributed by atoms with Crippen LogP contribution >= 0.6 is 0 Å². The van der Waals surface area contributed by atoms with Gasteiger partial charge in [0.15, 0.2) is 5.43 Å². The number of nitrogens with zero attached hydrogens (tertiary/aromatic N) is 2. The van der Waals surface area contributed by atoms with Crippen molar-refractivity contribution in [1.29, 1.82) is 0 Å². The number of aryl methyl sites for hydroxylation is 5. The van der Waals surface area contributed by atoms with E-state index in [9.17, 15) is 9.59 Å². The number of urea groups is 1. The number of rotatable bonds is 1. The fraction of sp³-hybridized carbons (Fsp3) is 0.333. The molecule has 5 nitrogen and oxygen atoms in total. The Morgan fingerprint density at radius 3 is 2.52 bits per heavy atom. The summed E-state index contributed by atoms with van der Waals surface area (Å²) in [6, 6.07) is 9.92. The molecular weight excluding hydrogens is 362 g/mol. The van der Waals surface area contributed by atoms with Crippen LogP contribution in [-0.4, -0.2) is 22.0 Å². The molecule has 0 aliphatic carbocycles. The monoisotopic (exact) mass is 389 g/mol. The van der Waals surface area contributed by atoms with Gasteiger partial charge in [-0.05, 0) is 62.1 Å². The number of fused-ring (bicyclic) bond motifs is 2. The number of amides is 2. The number of carbonyl (C=O) groups excluding carboxylic acids is 1. The SMILES string of the molecule is Cc1ccc(C)c(NC(=O)N2CCc3c(c(=O)c4cc(C)cc(C)c4n3C)C2)c1. The molecule has 150 valence electrons. The number of pyridine rings is 1. The fourth-order valence-electron chi connectivity index (χ4n) is 4.44. The van der Waals surface area contributed by atoms with E-state index in [1.54, 1.807) is 4.90 Å². The maximum atomic E-state index is 13.3. The molecule has 2 amide bonds. The molecule has 2 aromatic carbocycles. The summed E-state index contributed by atoms with van der Waals surface area (Å²) in [7, 11) is 2.02. The Morgan fingerprint density at radius 2 is 1.76 bits per heavy atom. The third-order valence-electron chi connectivity index (χ3n) is 5.94. The van der Waals surface area contributed by atoms with Gasteiger partial charge in [0.25, 0.3) is 0 Å². The Kier molecular flexibility index (Phi) is 4.69. The van der Waals surface area contributed by atoms with Crippen molar-refractivity contribution >= 4 is 22.6 Å². The van der Waals surface area contributed by atoms with Gasteiger partial charge in [0.05, 0.1) is 12.1 Å². The number of carbonyl (C=O) groups is 1. The zero-order valence-electron chi connectivity index (χ0n) is 17.7. The summed E-state index contributed by atoms with van der Waals surface area (Å²) < 4.78 is 2.14. The molecule has 0 saturated heterocycles. The molecule has 0 atom stereocenters. The van der Waals surface area contributed by atoms with Crippen molar-refractivity contribution in [3.05, 3.63) is 74.1 Å². The van der Waals surface area contributed by atoms with Crippen LogP contribution in [0.1, 0.15) is 33.5 Å². The molecule has 0 saturated carbocycles. The second kappa shape index (κ2) is 7.07. The average Bonchev–Trinajstić information content (AvgIpc) is 2.68. The molecule has 3 aromatic rings. The molecule has 4 rings (SSSR count). The average molecular weight is 389 g/mol. The van der Waals surface area contributed by atoms with Gasteiger partial charge in [-0.3, -0.25) is 4.79 Å². The van der Waals surface area contributed by atoms with Crippen molar-refractivity contribution in [1.82, 2.24) is 9.47 Å². The topological polar surface area (TPSA) is 54.3 Å². The molecule has 1 aliphatic rings. The molecule has 5 heteroatoms. The van der Waals surface area contributed by atoms with Gasteiger partial charge in [0, 0.05) is 42.3 Å². The predicted molar refractivity (Wildman–Crippen MR) is 118 cm³/mol. The van der Waals surface area contributed by atoms with Crippen molar-refractivity contribution in [2.45, 2.75) is 40.7 Å². The highest BCUT2D eigenvalue weighted by atomic mass is 16.2. The predicted octanol–water partition coefficient (Wildman–Crippen LogP) is 4.36. The summed E-state index contributed by atoms with van der Waals surface area (Å²) >= 11 is 0. The first-order valence-electron chi connectivity index (χ1n) is 10.0. The Bertz CT molecular complexity index is 1210. The molecule has 0 unspecified atom stereocenters. The molecule has 1 aromatic heterocycles. The second-order valence-electron chi connectivity index (χ2n) is 8.21. The number of nitrogens with one attached hydrogen (secondary N) is 1. The fourth-order valence-corrected chi connectivity index (χ4v) is 4.44. The second-order valence-corrected chi connectivity index (χ2v) is 8.21. The first-order valence-corrected chi connectivity index (χ1v) is 10.0. The maximum Gasteiger partial charge on any atom is 0.322 e. The van der Waals surface area contributed by atoms with E-state index in [4.69, 9.17) is 0 Å². The van der Waals surface area contributed by atoms with Crippen LogP contribution in [0.3, 0.4) is 0 Å². The van der Waals surface area contributed by atoms with Crippen LogP contribution in [-0.2, 0) is 20.0 Å². The molecule has 0 fully saturated rings. The molecule has 0 radical (unpaired) electrons. The smallest absolute Gasteiger partial charge is 0.322 e. The standard InChI is InChI=1S/C24H27N3O2/c1-14-6-7-16(3)20(12-14)25-24(29)27-9-8-21-19(13-27)23(28)18-11-15(2)10-17(4)22(18)26(21)5/h6-7,10-12H,8-9,13H2,1-5H3,(H,25,29). The lowest BCUT2D eigenvalue weighted by Crippen LogP contribution is -2.42. The van der Waals surface area contributed by atoms with Crippen LogP contribution in [0, 0.1) is 27.7 Å². The minimum atomic E-state index is -0.160. The Morgan fingerprint density at radius 1 is 1.00 bits per heavy atom. The lowest BCUT2D eigenvalue weighted by atomic mass is 9.98. The Hall–Kier alpha value is -3.08. The Labute approximate surface area is 171 Å². The van der Waals surface area contributed by atoms with Gasteiger partial charge in [-0.15, -0.1) is 0 Å². The summed E-state index contributed by atoms with van der Waals surface area (Å²) in [4.78, 5) is 27.9. The van der Waals surface area contributed by atoms with E-state index in [1.165, 1.54) is 0 Å². The van der Waals surface area contributed by atoms with Crippen LogP contribution in [0.5, 0.6) is 0 Å². The summed E-state index contributed by atoms with van der Waals surface area (Å²) in [6.45, 7) is 8.97. The largest absolute Gasteiger partial charge is 0.347 e. The lowest BCUT2D eigenvalue weighted by molar-refractivity contribution is 0.205. The van der Waals surface area contributed by atoms with E-state index in [-0.39, 0.29) is 11.5 Å². The minimum Gasteiger partial charge on any atom is -0.347 e. The van der Waals surface area contributed by atoms with E-state index in [1.807, 2.05) is 59.0 Å². The van der Waals surface area contributed by atoms with E-state index in [0.717, 1.165) is 50.1 Å². The number of hydrogen-bond donors (Lipinski definition) is 1. The number of anilines is 1. The third kappa shape index (κ3) is 3.31. The van der Waals surface area contributed by atoms with Crippen LogP contribution < -0.4 is 10.7 Å². The van der Waals surface area contributed by atoms with Gasteiger partial charge in [-0.2, -0.15) is 0 Å². The third-order valence-corrected chi connectivity index (χ3v) is 5.94. The van der Waals surface area contributed by atoms with Gasteiger partial charge in [-0.1, -0.05) is 18.2 Å². The van der Waals surface area contributed by atoms with E-state index in [2.05, 4.69) is 16.0 Å². The highest BCUT2D eigenvalue weighted by Gasteiger charge is 2.26. The van der Waals surface area contributed by atoms with Crippen molar-refractivity contribution in [3.63, 3.8) is 0 Å². The lowest BCUT2D eigenvalue weighted by Gasteiger charge is -2.31. The quantitative estimate of drug-likeness (QED) is 0.672. The van der Waals surface area contributed by atoms with Gasteiger partial charge in [0.2, 0.25) is 0 Å². The van der Waals surface area contributed by atoms with Gasteiger partial charge < -0.3 is 14.8 Å². The molecule has 2 heterocycles. The van der Waals surface area contributed by atoms with Gasteiger partial charge in [0.1, 0.15) is 0 Å². The molecule has 29 heavy (non-hydrogen) atoms. The van der Waals surface area contributed by atoms with Crippen molar-refractivity contribution < 1.29 is 4.79 Å². The minimum absolute atomic E-state index is 0.0455. The van der Waals surface area contributed by atoms with Gasteiger partial charge in [-0.25, -0.2) is 4.79 Å². The van der Waals surface area contributed by atoms with E-state index >= 15 is 0 Å². The molecule has 1 aliphatic heterocycles. The zero-order valence-corrected chi connectivity index (χ0v) is 17.7. The highest BCUT2D eigenvalue weighted by molar-refractivity contribution is 5.91. The van der Waals surface area contributed by atoms with Crippen LogP contribution in [0.15, 0.2) is 35.1 Å². The normalized spacial score (nSPS) is 13.5. The van der Waals surface area contributed by atoms with Crippen molar-refractivity contribution in [2.75, 3.05) is 11.9 Å². The molecule has 0 spiro atoms. The summed E-state index contributed by atoms with van der Waals surface area (Å²) in [5, 5.41) is 3.76. The maximum absolute atomic E-state index is 13.3. The number of aromatic nitrogens is 1. The van der Waals surface area contributed by atoms with E-state index in [0.29, 0.717) is 19.5 Å². The Balaban J connectivity index is 1.70. The van der Waals surface area contributed by atoms with Crippen LogP contribution in [0.4, 0.5) is 10.5 Å².